The molecule has 1 amide bonds. The molecule has 0 aromatic heterocycles. The Bertz CT molecular complexity index is 1250. The summed E-state index contributed by atoms with van der Waals surface area (Å²) < 4.78 is 41.7. The molecule has 7 nitrogen and oxygen atoms in total. The summed E-state index contributed by atoms with van der Waals surface area (Å²) in [6.45, 7) is -0.145. The molecule has 0 bridgehead atoms. The highest BCUT2D eigenvalue weighted by Gasteiger charge is 2.20. The molecule has 160 valence electrons. The number of aromatic carboxylic acids is 1. The lowest BCUT2D eigenvalue weighted by molar-refractivity contribution is -0.255. The van der Waals surface area contributed by atoms with Crippen LogP contribution < -0.4 is 15.1 Å². The monoisotopic (exact) mass is 461 g/mol. The van der Waals surface area contributed by atoms with Gasteiger partial charge < -0.3 is 15.2 Å². The first-order chi connectivity index (χ1) is 14.7. The van der Waals surface area contributed by atoms with Crippen molar-refractivity contribution in [1.82, 2.24) is 4.72 Å². The van der Waals surface area contributed by atoms with Crippen LogP contribution in [0.4, 0.5) is 10.1 Å². The van der Waals surface area contributed by atoms with E-state index >= 15 is 0 Å². The molecule has 0 spiro atoms. The summed E-state index contributed by atoms with van der Waals surface area (Å²) in [5.74, 6) is -3.11. The van der Waals surface area contributed by atoms with Crippen LogP contribution in [0.1, 0.15) is 26.3 Å². The minimum absolute atomic E-state index is 0.0423. The molecular weight excluding hydrogens is 447 g/mol. The Kier molecular flexibility index (Phi) is 6.69. The Morgan fingerprint density at radius 2 is 1.68 bits per heavy atom. The number of carbonyl (C=O) groups excluding carboxylic acids is 2. The number of amides is 1. The zero-order chi connectivity index (χ0) is 22.6. The largest absolute Gasteiger partial charge is 0.545 e. The second-order valence-electron chi connectivity index (χ2n) is 6.38. The normalized spacial score (nSPS) is 11.2. The number of hydrogen-bond acceptors (Lipinski definition) is 5. The van der Waals surface area contributed by atoms with Gasteiger partial charge in [0.2, 0.25) is 10.0 Å². The quantitative estimate of drug-likeness (QED) is 0.561. The van der Waals surface area contributed by atoms with Crippen molar-refractivity contribution in [2.24, 2.45) is 0 Å². The Balaban J connectivity index is 1.78. The van der Waals surface area contributed by atoms with Gasteiger partial charge >= 0.3 is 0 Å². The predicted octanol–water partition coefficient (Wildman–Crippen LogP) is 2.57. The van der Waals surface area contributed by atoms with Crippen LogP contribution in [0.5, 0.6) is 0 Å². The van der Waals surface area contributed by atoms with Crippen LogP contribution >= 0.6 is 11.6 Å². The zero-order valence-electron chi connectivity index (χ0n) is 15.8. The first kappa shape index (κ1) is 22.4. The fourth-order valence-electron chi connectivity index (χ4n) is 2.62. The van der Waals surface area contributed by atoms with Gasteiger partial charge in [-0.15, -0.1) is 0 Å². The van der Waals surface area contributed by atoms with Gasteiger partial charge in [0, 0.05) is 6.54 Å². The van der Waals surface area contributed by atoms with Crippen molar-refractivity contribution in [3.63, 3.8) is 0 Å². The minimum atomic E-state index is -4.09. The summed E-state index contributed by atoms with van der Waals surface area (Å²) in [4.78, 5) is 22.9. The van der Waals surface area contributed by atoms with Crippen LogP contribution in [0.25, 0.3) is 0 Å². The third-order valence-corrected chi connectivity index (χ3v) is 6.00. The molecule has 0 fully saturated rings. The van der Waals surface area contributed by atoms with Gasteiger partial charge in [0.05, 0.1) is 27.1 Å². The van der Waals surface area contributed by atoms with Gasteiger partial charge in [-0.2, -0.15) is 0 Å². The average molecular weight is 462 g/mol. The minimum Gasteiger partial charge on any atom is -0.545 e. The van der Waals surface area contributed by atoms with Crippen molar-refractivity contribution in [1.29, 1.82) is 0 Å². The van der Waals surface area contributed by atoms with E-state index in [1.54, 1.807) is 12.1 Å². The summed E-state index contributed by atoms with van der Waals surface area (Å²) in [5.41, 5.74) is 0.229. The highest BCUT2D eigenvalue weighted by molar-refractivity contribution is 7.89. The number of rotatable bonds is 7. The van der Waals surface area contributed by atoms with Crippen molar-refractivity contribution in [3.8, 4) is 0 Å². The molecule has 0 aliphatic heterocycles. The number of carboxylic acids is 1. The summed E-state index contributed by atoms with van der Waals surface area (Å²) in [7, 11) is -4.09. The van der Waals surface area contributed by atoms with Crippen molar-refractivity contribution >= 4 is 39.2 Å². The van der Waals surface area contributed by atoms with E-state index in [0.29, 0.717) is 5.56 Å². The van der Waals surface area contributed by atoms with E-state index in [1.165, 1.54) is 36.4 Å². The zero-order valence-corrected chi connectivity index (χ0v) is 17.3. The van der Waals surface area contributed by atoms with E-state index in [1.807, 2.05) is 0 Å². The van der Waals surface area contributed by atoms with E-state index in [-0.39, 0.29) is 27.7 Å². The highest BCUT2D eigenvalue weighted by atomic mass is 35.5. The standard InChI is InChI=1S/C21H16ClFN2O5S/c22-17-3-1-2-4-19(17)25-20(26)16-11-15(9-10-18(16)23)31(29,30)24-12-13-5-7-14(8-6-13)21(27)28/h1-11,24H,12H2,(H,25,26)(H,27,28)/p-1. The fraction of sp³-hybridized carbons (Fsp3) is 0.0476. The van der Waals surface area contributed by atoms with Gasteiger partial charge in [0.15, 0.2) is 0 Å². The Labute approximate surface area is 182 Å². The van der Waals surface area contributed by atoms with Crippen LogP contribution in [0.3, 0.4) is 0 Å². The van der Waals surface area contributed by atoms with Gasteiger partial charge in [-0.25, -0.2) is 17.5 Å². The van der Waals surface area contributed by atoms with Gasteiger partial charge in [-0.3, -0.25) is 4.79 Å². The maximum absolute atomic E-state index is 14.2. The molecule has 2 N–H and O–H groups in total. The number of nitrogens with one attached hydrogen (secondary N) is 2. The van der Waals surface area contributed by atoms with E-state index in [2.05, 4.69) is 10.0 Å². The molecule has 0 radical (unpaired) electrons. The Hall–Kier alpha value is -3.27. The average Bonchev–Trinajstić information content (AvgIpc) is 2.74. The van der Waals surface area contributed by atoms with Gasteiger partial charge in [0.1, 0.15) is 5.82 Å². The van der Waals surface area contributed by atoms with Crippen LogP contribution in [-0.2, 0) is 16.6 Å². The van der Waals surface area contributed by atoms with Crippen molar-refractivity contribution in [2.45, 2.75) is 11.4 Å². The number of para-hydroxylation sites is 1. The third-order valence-electron chi connectivity index (χ3n) is 4.27. The van der Waals surface area contributed by atoms with Crippen molar-refractivity contribution < 1.29 is 27.5 Å². The molecule has 0 saturated carbocycles. The number of carboxylic acid groups (broad SMARTS) is 1. The van der Waals surface area contributed by atoms with Gasteiger partial charge in [0.25, 0.3) is 5.91 Å². The lowest BCUT2D eigenvalue weighted by Gasteiger charge is -2.11. The van der Waals surface area contributed by atoms with Crippen LogP contribution in [-0.4, -0.2) is 20.3 Å². The summed E-state index contributed by atoms with van der Waals surface area (Å²) >= 11 is 5.98. The molecule has 0 unspecified atom stereocenters. The van der Waals surface area contributed by atoms with Crippen LogP contribution in [0.2, 0.25) is 5.02 Å². The van der Waals surface area contributed by atoms with Crippen molar-refractivity contribution in [3.05, 3.63) is 94.3 Å². The number of hydrogen-bond donors (Lipinski definition) is 2. The van der Waals surface area contributed by atoms with E-state index < -0.39 is 33.3 Å². The molecular formula is C21H15ClFN2O5S-. The Morgan fingerprint density at radius 1 is 1.00 bits per heavy atom. The number of anilines is 1. The van der Waals surface area contributed by atoms with E-state index in [0.717, 1.165) is 18.2 Å². The van der Waals surface area contributed by atoms with Gasteiger partial charge in [-0.1, -0.05) is 48.0 Å². The number of halogens is 2. The SMILES string of the molecule is O=C([O-])c1ccc(CNS(=O)(=O)c2ccc(F)c(C(=O)Nc3ccccc3Cl)c2)cc1. The van der Waals surface area contributed by atoms with Crippen LogP contribution in [0, 0.1) is 5.82 Å². The molecule has 3 aromatic rings. The maximum atomic E-state index is 14.2. The second kappa shape index (κ2) is 9.25. The molecule has 3 rings (SSSR count). The van der Waals surface area contributed by atoms with Crippen LogP contribution in [0.15, 0.2) is 71.6 Å². The first-order valence-corrected chi connectivity index (χ1v) is 10.7. The molecule has 3 aromatic carbocycles. The second-order valence-corrected chi connectivity index (χ2v) is 8.56. The third kappa shape index (κ3) is 5.46. The molecule has 0 saturated heterocycles. The van der Waals surface area contributed by atoms with E-state index in [4.69, 9.17) is 11.6 Å². The summed E-state index contributed by atoms with van der Waals surface area (Å²) in [6, 6.07) is 14.6. The lowest BCUT2D eigenvalue weighted by Crippen LogP contribution is -2.24. The smallest absolute Gasteiger partial charge is 0.258 e. The number of sulfonamides is 1. The fourth-order valence-corrected chi connectivity index (χ4v) is 3.84. The van der Waals surface area contributed by atoms with Gasteiger partial charge in [-0.05, 0) is 41.5 Å². The number of carbonyl (C=O) groups is 2. The molecule has 0 atom stereocenters. The number of benzene rings is 3. The summed E-state index contributed by atoms with van der Waals surface area (Å²) in [5, 5.41) is 13.5. The predicted molar refractivity (Wildman–Crippen MR) is 111 cm³/mol. The van der Waals surface area contributed by atoms with Crippen molar-refractivity contribution in [2.75, 3.05) is 5.32 Å². The molecule has 0 aliphatic carbocycles. The molecule has 0 aliphatic rings. The van der Waals surface area contributed by atoms with E-state index in [9.17, 15) is 27.5 Å². The summed E-state index contributed by atoms with van der Waals surface area (Å²) in [6.07, 6.45) is 0. The maximum Gasteiger partial charge on any atom is 0.258 e. The molecule has 31 heavy (non-hydrogen) atoms. The first-order valence-electron chi connectivity index (χ1n) is 8.83. The molecule has 0 heterocycles. The molecule has 10 heteroatoms. The topological polar surface area (TPSA) is 115 Å². The Morgan fingerprint density at radius 3 is 2.32 bits per heavy atom. The lowest BCUT2D eigenvalue weighted by atomic mass is 10.1. The highest BCUT2D eigenvalue weighted by Crippen LogP contribution is 2.23.